The predicted molar refractivity (Wildman–Crippen MR) is 83.9 cm³/mol. The summed E-state index contributed by atoms with van der Waals surface area (Å²) in [6, 6.07) is 7.56. The number of aliphatic hydroxyl groups is 1. The first-order valence-electron chi connectivity index (χ1n) is 7.72. The van der Waals surface area contributed by atoms with Crippen molar-refractivity contribution in [1.82, 2.24) is 14.5 Å². The molecular formula is C17H21N3O2. The number of aromatic nitrogens is 2. The van der Waals surface area contributed by atoms with Crippen molar-refractivity contribution in [3.63, 3.8) is 0 Å². The lowest BCUT2D eigenvalue weighted by Crippen LogP contribution is -2.40. The Labute approximate surface area is 130 Å². The number of amides is 1. The molecule has 22 heavy (non-hydrogen) atoms. The van der Waals surface area contributed by atoms with Crippen LogP contribution in [0, 0.1) is 5.92 Å². The summed E-state index contributed by atoms with van der Waals surface area (Å²) in [7, 11) is 0. The van der Waals surface area contributed by atoms with Gasteiger partial charge in [0.15, 0.2) is 0 Å². The molecular weight excluding hydrogens is 278 g/mol. The maximum absolute atomic E-state index is 12.5. The second kappa shape index (κ2) is 6.32. The summed E-state index contributed by atoms with van der Waals surface area (Å²) in [5.41, 5.74) is 0.617. The van der Waals surface area contributed by atoms with Gasteiger partial charge in [0.05, 0.1) is 11.7 Å². The van der Waals surface area contributed by atoms with Crippen molar-refractivity contribution in [2.75, 3.05) is 13.1 Å². The first-order valence-corrected chi connectivity index (χ1v) is 7.72. The van der Waals surface area contributed by atoms with Gasteiger partial charge in [-0.25, -0.2) is 4.98 Å². The van der Waals surface area contributed by atoms with Gasteiger partial charge in [-0.1, -0.05) is 0 Å². The number of pyridine rings is 1. The van der Waals surface area contributed by atoms with E-state index in [9.17, 15) is 9.90 Å². The molecule has 3 heterocycles. The third-order valence-corrected chi connectivity index (χ3v) is 4.37. The molecule has 5 heteroatoms. The second-order valence-corrected chi connectivity index (χ2v) is 5.87. The molecule has 1 unspecified atom stereocenters. The maximum Gasteiger partial charge on any atom is 0.255 e. The van der Waals surface area contributed by atoms with Crippen molar-refractivity contribution in [1.29, 1.82) is 0 Å². The number of piperidine rings is 1. The number of likely N-dealkylation sites (tertiary alicyclic amines) is 1. The topological polar surface area (TPSA) is 58.4 Å². The molecule has 1 N–H and O–H groups in total. The van der Waals surface area contributed by atoms with E-state index in [0.717, 1.165) is 18.7 Å². The van der Waals surface area contributed by atoms with E-state index >= 15 is 0 Å². The van der Waals surface area contributed by atoms with Gasteiger partial charge in [0.25, 0.3) is 5.91 Å². The molecule has 5 nitrogen and oxygen atoms in total. The molecule has 2 aromatic rings. The van der Waals surface area contributed by atoms with Crippen molar-refractivity contribution < 1.29 is 9.90 Å². The largest absolute Gasteiger partial charge is 0.393 e. The van der Waals surface area contributed by atoms with Crippen LogP contribution in [0.1, 0.15) is 30.1 Å². The summed E-state index contributed by atoms with van der Waals surface area (Å²) in [5, 5.41) is 9.62. The summed E-state index contributed by atoms with van der Waals surface area (Å²) in [4.78, 5) is 18.7. The van der Waals surface area contributed by atoms with Gasteiger partial charge in [-0.2, -0.15) is 0 Å². The number of aliphatic hydroxyl groups excluding tert-OH is 1. The van der Waals surface area contributed by atoms with Crippen molar-refractivity contribution >= 4 is 5.91 Å². The molecule has 116 valence electrons. The third kappa shape index (κ3) is 3.04. The molecule has 1 fully saturated rings. The monoisotopic (exact) mass is 299 g/mol. The molecule has 0 radical (unpaired) electrons. The van der Waals surface area contributed by atoms with Crippen LogP contribution in [0.4, 0.5) is 0 Å². The molecule has 0 aliphatic carbocycles. The van der Waals surface area contributed by atoms with Crippen LogP contribution in [0.15, 0.2) is 42.9 Å². The van der Waals surface area contributed by atoms with Crippen LogP contribution in [0.3, 0.4) is 0 Å². The summed E-state index contributed by atoms with van der Waals surface area (Å²) in [6.45, 7) is 3.23. The Balaban J connectivity index is 1.66. The summed E-state index contributed by atoms with van der Waals surface area (Å²) < 4.78 is 1.91. The van der Waals surface area contributed by atoms with Crippen LogP contribution in [0.25, 0.3) is 5.82 Å². The molecule has 1 amide bonds. The van der Waals surface area contributed by atoms with Gasteiger partial charge in [-0.15, -0.1) is 0 Å². The number of nitrogens with zero attached hydrogens (tertiary/aromatic N) is 3. The van der Waals surface area contributed by atoms with E-state index in [1.807, 2.05) is 53.0 Å². The Hall–Kier alpha value is -2.14. The van der Waals surface area contributed by atoms with Crippen molar-refractivity contribution in [3.8, 4) is 5.82 Å². The lowest BCUT2D eigenvalue weighted by molar-refractivity contribution is 0.0521. The van der Waals surface area contributed by atoms with E-state index in [2.05, 4.69) is 4.98 Å². The van der Waals surface area contributed by atoms with E-state index in [1.54, 1.807) is 6.20 Å². The van der Waals surface area contributed by atoms with Crippen LogP contribution in [-0.4, -0.2) is 44.7 Å². The Kier molecular flexibility index (Phi) is 4.24. The summed E-state index contributed by atoms with van der Waals surface area (Å²) in [6.07, 6.45) is 6.91. The number of hydrogen-bond donors (Lipinski definition) is 1. The maximum atomic E-state index is 12.5. The molecule has 0 bridgehead atoms. The van der Waals surface area contributed by atoms with E-state index in [-0.39, 0.29) is 12.0 Å². The highest BCUT2D eigenvalue weighted by molar-refractivity contribution is 5.94. The Morgan fingerprint density at radius 2 is 1.95 bits per heavy atom. The first-order chi connectivity index (χ1) is 10.6. The second-order valence-electron chi connectivity index (χ2n) is 5.87. The Morgan fingerprint density at radius 1 is 1.27 bits per heavy atom. The fraction of sp³-hybridized carbons (Fsp3) is 0.412. The Bertz CT molecular complexity index is 612. The first kappa shape index (κ1) is 14.8. The van der Waals surface area contributed by atoms with Gasteiger partial charge < -0.3 is 14.6 Å². The average Bonchev–Trinajstić information content (AvgIpc) is 3.09. The van der Waals surface area contributed by atoms with Crippen molar-refractivity contribution in [2.24, 2.45) is 5.92 Å². The molecule has 0 spiro atoms. The minimum Gasteiger partial charge on any atom is -0.393 e. The minimum atomic E-state index is -0.292. The van der Waals surface area contributed by atoms with Gasteiger partial charge in [-0.3, -0.25) is 4.79 Å². The molecule has 2 aromatic heterocycles. The Morgan fingerprint density at radius 3 is 2.50 bits per heavy atom. The molecule has 1 atom stereocenters. The van der Waals surface area contributed by atoms with E-state index < -0.39 is 0 Å². The lowest BCUT2D eigenvalue weighted by atomic mass is 9.92. The zero-order valence-corrected chi connectivity index (χ0v) is 12.7. The van der Waals surface area contributed by atoms with Crippen LogP contribution in [0.5, 0.6) is 0 Å². The zero-order valence-electron chi connectivity index (χ0n) is 12.7. The molecule has 3 rings (SSSR count). The molecule has 1 aliphatic heterocycles. The number of hydrogen-bond acceptors (Lipinski definition) is 3. The number of carbonyl (C=O) groups is 1. The van der Waals surface area contributed by atoms with Crippen LogP contribution in [0.2, 0.25) is 0 Å². The van der Waals surface area contributed by atoms with Gasteiger partial charge in [0.1, 0.15) is 5.82 Å². The number of carbonyl (C=O) groups excluding carboxylic acids is 1. The highest BCUT2D eigenvalue weighted by atomic mass is 16.3. The van der Waals surface area contributed by atoms with Crippen molar-refractivity contribution in [3.05, 3.63) is 48.4 Å². The molecule has 1 aliphatic rings. The van der Waals surface area contributed by atoms with Crippen LogP contribution < -0.4 is 0 Å². The molecule has 0 saturated carbocycles. The van der Waals surface area contributed by atoms with E-state index in [4.69, 9.17) is 0 Å². The standard InChI is InChI=1S/C17H21N3O2/c1-13(21)14-6-10-20(11-7-14)17(22)15-4-5-16(18-12-15)19-8-2-3-9-19/h2-5,8-9,12-14,21H,6-7,10-11H2,1H3. The van der Waals surface area contributed by atoms with Crippen molar-refractivity contribution in [2.45, 2.75) is 25.9 Å². The highest BCUT2D eigenvalue weighted by Gasteiger charge is 2.26. The van der Waals surface area contributed by atoms with Gasteiger partial charge >= 0.3 is 0 Å². The highest BCUT2D eigenvalue weighted by Crippen LogP contribution is 2.22. The lowest BCUT2D eigenvalue weighted by Gasteiger charge is -2.33. The minimum absolute atomic E-state index is 0.0237. The SMILES string of the molecule is CC(O)C1CCN(C(=O)c2ccc(-n3cccc3)nc2)CC1. The van der Waals surface area contributed by atoms with Gasteiger partial charge in [-0.05, 0) is 49.9 Å². The fourth-order valence-electron chi connectivity index (χ4n) is 2.92. The summed E-state index contributed by atoms with van der Waals surface area (Å²) >= 11 is 0. The zero-order chi connectivity index (χ0) is 15.5. The fourth-order valence-corrected chi connectivity index (χ4v) is 2.92. The molecule has 0 aromatic carbocycles. The van der Waals surface area contributed by atoms with Gasteiger partial charge in [0, 0.05) is 31.7 Å². The van der Waals surface area contributed by atoms with Crippen LogP contribution in [-0.2, 0) is 0 Å². The summed E-state index contributed by atoms with van der Waals surface area (Å²) in [5.74, 6) is 1.13. The van der Waals surface area contributed by atoms with E-state index in [1.165, 1.54) is 0 Å². The molecule has 1 saturated heterocycles. The average molecular weight is 299 g/mol. The van der Waals surface area contributed by atoms with Gasteiger partial charge in [0.2, 0.25) is 0 Å². The van der Waals surface area contributed by atoms with Crippen LogP contribution >= 0.6 is 0 Å². The van der Waals surface area contributed by atoms with E-state index in [0.29, 0.717) is 24.6 Å². The number of rotatable bonds is 3. The smallest absolute Gasteiger partial charge is 0.255 e. The quantitative estimate of drug-likeness (QED) is 0.944. The predicted octanol–water partition coefficient (Wildman–Crippen LogP) is 2.11. The normalized spacial score (nSPS) is 17.5. The third-order valence-electron chi connectivity index (χ3n) is 4.37.